The van der Waals surface area contributed by atoms with Gasteiger partial charge in [-0.2, -0.15) is 0 Å². The molecule has 0 aromatic rings. The molecule has 0 aromatic carbocycles. The fourth-order valence-corrected chi connectivity index (χ4v) is 3.22. The van der Waals surface area contributed by atoms with Crippen LogP contribution in [0.4, 0.5) is 4.79 Å². The molecule has 0 aromatic heterocycles. The Kier molecular flexibility index (Phi) is 3.84. The summed E-state index contributed by atoms with van der Waals surface area (Å²) >= 11 is 0. The standard InChI is InChI=1S/C12H18N2O4/c13-12(17)14-10(15)6-18-11(16)5-9-4-7-1-2-8(9)3-7/h7-9H,1-6H2,(H3,13,14,15,17)/t7-,8+,9-/m1/s1. The Morgan fingerprint density at radius 3 is 2.56 bits per heavy atom. The Morgan fingerprint density at radius 1 is 1.22 bits per heavy atom. The van der Waals surface area contributed by atoms with E-state index >= 15 is 0 Å². The van der Waals surface area contributed by atoms with Crippen molar-refractivity contribution in [1.29, 1.82) is 0 Å². The van der Waals surface area contributed by atoms with Crippen LogP contribution < -0.4 is 11.1 Å². The van der Waals surface area contributed by atoms with E-state index in [1.807, 2.05) is 5.32 Å². The van der Waals surface area contributed by atoms with Crippen molar-refractivity contribution in [3.05, 3.63) is 0 Å². The molecule has 0 radical (unpaired) electrons. The Balaban J connectivity index is 1.66. The molecule has 3 amide bonds. The number of primary amides is 1. The van der Waals surface area contributed by atoms with Gasteiger partial charge in [0.15, 0.2) is 6.61 Å². The van der Waals surface area contributed by atoms with E-state index in [2.05, 4.69) is 0 Å². The Morgan fingerprint density at radius 2 is 2.00 bits per heavy atom. The van der Waals surface area contributed by atoms with Crippen molar-refractivity contribution in [2.24, 2.45) is 23.5 Å². The van der Waals surface area contributed by atoms with Crippen LogP contribution in [-0.2, 0) is 14.3 Å². The molecule has 0 heterocycles. The Labute approximate surface area is 105 Å². The van der Waals surface area contributed by atoms with Crippen molar-refractivity contribution in [2.45, 2.75) is 32.1 Å². The fraction of sp³-hybridized carbons (Fsp3) is 0.750. The molecule has 18 heavy (non-hydrogen) atoms. The van der Waals surface area contributed by atoms with Crippen molar-refractivity contribution in [3.63, 3.8) is 0 Å². The second kappa shape index (κ2) is 5.37. The molecular weight excluding hydrogens is 236 g/mol. The van der Waals surface area contributed by atoms with Gasteiger partial charge in [0.1, 0.15) is 0 Å². The van der Waals surface area contributed by atoms with Gasteiger partial charge in [-0.3, -0.25) is 14.9 Å². The molecule has 100 valence electrons. The highest BCUT2D eigenvalue weighted by Crippen LogP contribution is 2.49. The molecule has 0 saturated heterocycles. The van der Waals surface area contributed by atoms with E-state index in [9.17, 15) is 14.4 Å². The third-order valence-corrected chi connectivity index (χ3v) is 3.94. The number of nitrogens with two attached hydrogens (primary N) is 1. The average molecular weight is 254 g/mol. The largest absolute Gasteiger partial charge is 0.456 e. The van der Waals surface area contributed by atoms with Gasteiger partial charge in [-0.25, -0.2) is 4.79 Å². The van der Waals surface area contributed by atoms with Crippen molar-refractivity contribution in [2.75, 3.05) is 6.61 Å². The molecule has 3 atom stereocenters. The molecule has 0 aliphatic heterocycles. The summed E-state index contributed by atoms with van der Waals surface area (Å²) in [6.07, 6.45) is 5.22. The van der Waals surface area contributed by atoms with Crippen molar-refractivity contribution >= 4 is 17.9 Å². The first-order valence-electron chi connectivity index (χ1n) is 6.29. The summed E-state index contributed by atoms with van der Waals surface area (Å²) in [4.78, 5) is 33.0. The maximum absolute atomic E-state index is 11.5. The molecule has 2 rings (SSSR count). The third kappa shape index (κ3) is 3.21. The molecule has 2 aliphatic carbocycles. The number of urea groups is 1. The minimum atomic E-state index is -0.941. The van der Waals surface area contributed by atoms with Gasteiger partial charge in [0.05, 0.1) is 0 Å². The van der Waals surface area contributed by atoms with Gasteiger partial charge in [-0.1, -0.05) is 6.42 Å². The molecule has 2 fully saturated rings. The second-order valence-corrected chi connectivity index (χ2v) is 5.21. The monoisotopic (exact) mass is 254 g/mol. The number of rotatable bonds is 4. The maximum atomic E-state index is 11.5. The highest BCUT2D eigenvalue weighted by atomic mass is 16.5. The number of hydrogen-bond acceptors (Lipinski definition) is 4. The molecule has 2 saturated carbocycles. The lowest BCUT2D eigenvalue weighted by atomic mass is 9.86. The van der Waals surface area contributed by atoms with Gasteiger partial charge in [-0.15, -0.1) is 0 Å². The van der Waals surface area contributed by atoms with Crippen LogP contribution in [0.3, 0.4) is 0 Å². The van der Waals surface area contributed by atoms with Crippen molar-refractivity contribution in [3.8, 4) is 0 Å². The minimum Gasteiger partial charge on any atom is -0.456 e. The van der Waals surface area contributed by atoms with Crippen molar-refractivity contribution in [1.82, 2.24) is 5.32 Å². The average Bonchev–Trinajstić information content (AvgIpc) is 2.87. The number of hydrogen-bond donors (Lipinski definition) is 2. The lowest BCUT2D eigenvalue weighted by molar-refractivity contribution is -0.149. The first kappa shape index (κ1) is 12.9. The van der Waals surface area contributed by atoms with Crippen LogP contribution in [0.25, 0.3) is 0 Å². The zero-order valence-electron chi connectivity index (χ0n) is 10.2. The quantitative estimate of drug-likeness (QED) is 0.716. The molecule has 2 bridgehead atoms. The molecule has 0 spiro atoms. The van der Waals surface area contributed by atoms with Crippen LogP contribution in [0, 0.1) is 17.8 Å². The summed E-state index contributed by atoms with van der Waals surface area (Å²) in [6.45, 7) is -0.442. The number of amides is 3. The fourth-order valence-electron chi connectivity index (χ4n) is 3.22. The van der Waals surface area contributed by atoms with Crippen LogP contribution in [0.15, 0.2) is 0 Å². The van der Waals surface area contributed by atoms with Gasteiger partial charge < -0.3 is 10.5 Å². The Bertz CT molecular complexity index is 369. The summed E-state index contributed by atoms with van der Waals surface area (Å²) in [5.74, 6) is 0.791. The van der Waals surface area contributed by atoms with Gasteiger partial charge in [0.2, 0.25) is 0 Å². The highest BCUT2D eigenvalue weighted by molar-refractivity contribution is 5.94. The number of carbonyl (C=O) groups excluding carboxylic acids is 3. The first-order chi connectivity index (χ1) is 8.54. The molecular formula is C12H18N2O4. The third-order valence-electron chi connectivity index (χ3n) is 3.94. The smallest absolute Gasteiger partial charge is 0.318 e. The van der Waals surface area contributed by atoms with Gasteiger partial charge >= 0.3 is 12.0 Å². The molecule has 3 N–H and O–H groups in total. The highest BCUT2D eigenvalue weighted by Gasteiger charge is 2.40. The summed E-state index contributed by atoms with van der Waals surface area (Å²) in [5.41, 5.74) is 4.76. The molecule has 6 nitrogen and oxygen atoms in total. The first-order valence-corrected chi connectivity index (χ1v) is 6.29. The molecule has 6 heteroatoms. The number of imide groups is 1. The number of fused-ring (bicyclic) bond motifs is 2. The van der Waals surface area contributed by atoms with Crippen LogP contribution >= 0.6 is 0 Å². The van der Waals surface area contributed by atoms with E-state index in [1.54, 1.807) is 0 Å². The van der Waals surface area contributed by atoms with Gasteiger partial charge in [-0.05, 0) is 37.0 Å². The summed E-state index contributed by atoms with van der Waals surface area (Å²) in [6, 6.07) is -0.941. The van der Waals surface area contributed by atoms with E-state index in [0.717, 1.165) is 12.3 Å². The van der Waals surface area contributed by atoms with Gasteiger partial charge in [0, 0.05) is 6.42 Å². The zero-order chi connectivity index (χ0) is 13.1. The van der Waals surface area contributed by atoms with Crippen LogP contribution in [0.1, 0.15) is 32.1 Å². The lowest BCUT2D eigenvalue weighted by Gasteiger charge is -2.20. The minimum absolute atomic E-state index is 0.368. The predicted molar refractivity (Wildman–Crippen MR) is 62.2 cm³/mol. The van der Waals surface area contributed by atoms with E-state index in [4.69, 9.17) is 10.5 Å². The lowest BCUT2D eigenvalue weighted by Crippen LogP contribution is -2.37. The van der Waals surface area contributed by atoms with E-state index in [0.29, 0.717) is 18.3 Å². The van der Waals surface area contributed by atoms with Gasteiger partial charge in [0.25, 0.3) is 5.91 Å². The number of ether oxygens (including phenoxy) is 1. The van der Waals surface area contributed by atoms with Crippen LogP contribution in [-0.4, -0.2) is 24.5 Å². The number of nitrogens with one attached hydrogen (secondary N) is 1. The van der Waals surface area contributed by atoms with Crippen LogP contribution in [0.5, 0.6) is 0 Å². The summed E-state index contributed by atoms with van der Waals surface area (Å²) in [7, 11) is 0. The number of carbonyl (C=O) groups is 3. The predicted octanol–water partition coefficient (Wildman–Crippen LogP) is 0.551. The van der Waals surface area contributed by atoms with E-state index in [-0.39, 0.29) is 5.97 Å². The second-order valence-electron chi connectivity index (χ2n) is 5.21. The molecule has 0 unspecified atom stereocenters. The van der Waals surface area contributed by atoms with Crippen LogP contribution in [0.2, 0.25) is 0 Å². The SMILES string of the molecule is NC(=O)NC(=O)COC(=O)C[C@H]1C[C@@H]2CC[C@H]1C2. The molecule has 2 aliphatic rings. The summed E-state index contributed by atoms with van der Waals surface area (Å²) < 4.78 is 4.82. The summed E-state index contributed by atoms with van der Waals surface area (Å²) in [5, 5.41) is 1.84. The zero-order valence-corrected chi connectivity index (χ0v) is 10.2. The normalized spacial score (nSPS) is 29.0. The van der Waals surface area contributed by atoms with Crippen molar-refractivity contribution < 1.29 is 19.1 Å². The maximum Gasteiger partial charge on any atom is 0.318 e. The van der Waals surface area contributed by atoms with E-state index < -0.39 is 18.5 Å². The Hall–Kier alpha value is -1.59. The van der Waals surface area contributed by atoms with E-state index in [1.165, 1.54) is 19.3 Å². The number of esters is 1. The topological polar surface area (TPSA) is 98.5 Å².